The van der Waals surface area contributed by atoms with Gasteiger partial charge in [-0.1, -0.05) is 20.8 Å². The van der Waals surface area contributed by atoms with Gasteiger partial charge in [0.1, 0.15) is 0 Å². The second-order valence-electron chi connectivity index (χ2n) is 11.3. The van der Waals surface area contributed by atoms with Crippen molar-refractivity contribution in [2.24, 2.45) is 46.3 Å². The number of hydrogen-bond donors (Lipinski definition) is 2. The molecule has 5 nitrogen and oxygen atoms in total. The minimum atomic E-state index is -0.934. The molecule has 30 heavy (non-hydrogen) atoms. The van der Waals surface area contributed by atoms with E-state index in [9.17, 15) is 20.1 Å². The fourth-order valence-corrected chi connectivity index (χ4v) is 8.72. The van der Waals surface area contributed by atoms with Gasteiger partial charge >= 0.3 is 29.6 Å². The van der Waals surface area contributed by atoms with Gasteiger partial charge in [0, 0.05) is 5.97 Å². The van der Waals surface area contributed by atoms with Gasteiger partial charge in [-0.05, 0) is 111 Å². The van der Waals surface area contributed by atoms with Crippen molar-refractivity contribution >= 4 is 5.97 Å². The molecule has 0 heterocycles. The Bertz CT molecular complexity index is 614. The van der Waals surface area contributed by atoms with E-state index in [-0.39, 0.29) is 64.5 Å². The predicted molar refractivity (Wildman–Crippen MR) is 110 cm³/mol. The van der Waals surface area contributed by atoms with Crippen LogP contribution in [0, 0.1) is 46.3 Å². The molecule has 0 spiro atoms. The van der Waals surface area contributed by atoms with Crippen molar-refractivity contribution in [3.63, 3.8) is 0 Å². The van der Waals surface area contributed by atoms with Gasteiger partial charge in [0.15, 0.2) is 0 Å². The minimum absolute atomic E-state index is 0. The molecule has 0 amide bonds. The maximum Gasteiger partial charge on any atom is 1.00 e. The summed E-state index contributed by atoms with van der Waals surface area (Å²) in [5.41, 5.74) is 0.494. The van der Waals surface area contributed by atoms with Gasteiger partial charge in [-0.2, -0.15) is 0 Å². The molecule has 4 aliphatic rings. The van der Waals surface area contributed by atoms with Crippen molar-refractivity contribution in [2.75, 3.05) is 0 Å². The summed E-state index contributed by atoms with van der Waals surface area (Å²) in [5, 5.41) is 32.4. The van der Waals surface area contributed by atoms with Crippen LogP contribution in [0.4, 0.5) is 0 Å². The Morgan fingerprint density at radius 3 is 2.33 bits per heavy atom. The molecule has 6 heteroatoms. The summed E-state index contributed by atoms with van der Waals surface area (Å²) in [6.45, 7) is 7.11. The molecule has 4 aliphatic carbocycles. The molecule has 0 aromatic heterocycles. The van der Waals surface area contributed by atoms with Crippen LogP contribution in [0.2, 0.25) is 0 Å². The zero-order valence-corrected chi connectivity index (χ0v) is 21.4. The molecule has 4 fully saturated rings. The van der Waals surface area contributed by atoms with Gasteiger partial charge in [-0.25, -0.2) is 0 Å². The van der Waals surface area contributed by atoms with Crippen LogP contribution in [0.3, 0.4) is 0 Å². The van der Waals surface area contributed by atoms with Crippen molar-refractivity contribution < 1.29 is 55.1 Å². The molecule has 0 bridgehead atoms. The molecule has 168 valence electrons. The molecular weight excluding hydrogens is 391 g/mol. The Hall–Kier alpha value is 0.350. The zero-order valence-electron chi connectivity index (χ0n) is 19.4. The zero-order chi connectivity index (χ0) is 20.3. The van der Waals surface area contributed by atoms with E-state index in [1.807, 2.05) is 0 Å². The van der Waals surface area contributed by atoms with Crippen molar-refractivity contribution in [3.05, 3.63) is 0 Å². The average molecular weight is 433 g/mol. The molecule has 0 saturated heterocycles. The number of aliphatic hydroxyl groups excluding tert-OH is 2. The molecular formula is C24H41NaO5. The Morgan fingerprint density at radius 1 is 1.03 bits per heavy atom. The molecule has 0 aliphatic heterocycles. The van der Waals surface area contributed by atoms with Gasteiger partial charge in [-0.15, -0.1) is 0 Å². The van der Waals surface area contributed by atoms with E-state index in [4.69, 9.17) is 0 Å². The third-order valence-electron chi connectivity index (χ3n) is 10.2. The first-order valence-electron chi connectivity index (χ1n) is 11.7. The van der Waals surface area contributed by atoms with Gasteiger partial charge in [0.2, 0.25) is 0 Å². The summed E-state index contributed by atoms with van der Waals surface area (Å²) in [6, 6.07) is 0. The van der Waals surface area contributed by atoms with Crippen molar-refractivity contribution in [3.8, 4) is 0 Å². The van der Waals surface area contributed by atoms with Gasteiger partial charge in [0.25, 0.3) is 0 Å². The average Bonchev–Trinajstić information content (AvgIpc) is 2.98. The maximum atomic E-state index is 11.2. The number of hydrogen-bond acceptors (Lipinski definition) is 4. The first kappa shape index (κ1) is 26.6. The van der Waals surface area contributed by atoms with E-state index in [2.05, 4.69) is 20.8 Å². The summed E-state index contributed by atoms with van der Waals surface area (Å²) >= 11 is 0. The van der Waals surface area contributed by atoms with Crippen LogP contribution in [-0.4, -0.2) is 33.9 Å². The second-order valence-corrected chi connectivity index (χ2v) is 11.3. The number of fused-ring (bicyclic) bond motifs is 5. The fourth-order valence-electron chi connectivity index (χ4n) is 8.72. The number of aliphatic carboxylic acids is 1. The number of carboxylic acids is 1. The van der Waals surface area contributed by atoms with Gasteiger partial charge in [0.05, 0.1) is 12.2 Å². The number of carbonyl (C=O) groups excluding carboxylic acids is 1. The predicted octanol–water partition coefficient (Wildman–Crippen LogP) is -0.677. The second kappa shape index (κ2) is 9.69. The number of aliphatic hydroxyl groups is 2. The van der Waals surface area contributed by atoms with E-state index in [1.54, 1.807) is 0 Å². The van der Waals surface area contributed by atoms with E-state index < -0.39 is 5.97 Å². The monoisotopic (exact) mass is 432 g/mol. The standard InChI is InChI=1S/C24H40O4.Na.H2O/c1-14(4-7-21(27)28)17-5-6-18-22-19(9-11-24(17,18)3)23(2)10-8-16(25)12-15(23)13-20(22)26;;/h14-20,22,25-26H,4-13H2,1-3H3,(H,27,28);;1H2/q;+1;/p-1/t14-,15+,16-,17-,18+,19+,20+,22+,23+,24-;;/m1../s1. The molecule has 0 radical (unpaired) electrons. The molecule has 0 aromatic rings. The van der Waals surface area contributed by atoms with E-state index in [0.29, 0.717) is 41.9 Å². The Labute approximate surface area is 204 Å². The van der Waals surface area contributed by atoms with Crippen molar-refractivity contribution in [1.29, 1.82) is 0 Å². The smallest absolute Gasteiger partial charge is 0.550 e. The third-order valence-corrected chi connectivity index (χ3v) is 10.2. The molecule has 10 atom stereocenters. The Morgan fingerprint density at radius 2 is 1.67 bits per heavy atom. The summed E-state index contributed by atoms with van der Waals surface area (Å²) in [7, 11) is 0. The normalized spacial score (nSPS) is 48.2. The quantitative estimate of drug-likeness (QED) is 0.574. The van der Waals surface area contributed by atoms with E-state index in [0.717, 1.165) is 25.7 Å². The molecule has 0 unspecified atom stereocenters. The van der Waals surface area contributed by atoms with Crippen LogP contribution in [-0.2, 0) is 4.79 Å². The van der Waals surface area contributed by atoms with Crippen molar-refractivity contribution in [2.45, 2.75) is 97.2 Å². The summed E-state index contributed by atoms with van der Waals surface area (Å²) in [4.78, 5) is 10.9. The van der Waals surface area contributed by atoms with Crippen LogP contribution in [0.15, 0.2) is 0 Å². The Balaban J connectivity index is 0.00000160. The third kappa shape index (κ3) is 4.28. The largest absolute Gasteiger partial charge is 1.00 e. The molecule has 4 rings (SSSR count). The maximum absolute atomic E-state index is 11.2. The van der Waals surface area contributed by atoms with E-state index in [1.165, 1.54) is 25.7 Å². The van der Waals surface area contributed by atoms with Crippen LogP contribution in [0.25, 0.3) is 0 Å². The molecule has 0 aromatic carbocycles. The summed E-state index contributed by atoms with van der Waals surface area (Å²) in [6.07, 6.45) is 8.91. The van der Waals surface area contributed by atoms with Crippen LogP contribution in [0.1, 0.15) is 85.0 Å². The first-order chi connectivity index (χ1) is 13.2. The molecule has 4 N–H and O–H groups in total. The first-order valence-corrected chi connectivity index (χ1v) is 11.7. The number of carbonyl (C=O) groups is 1. The topological polar surface area (TPSA) is 112 Å². The summed E-state index contributed by atoms with van der Waals surface area (Å²) in [5.74, 6) is 1.99. The Kier molecular flexibility index (Phi) is 8.59. The molecule has 4 saturated carbocycles. The van der Waals surface area contributed by atoms with Gasteiger partial charge < -0.3 is 25.6 Å². The van der Waals surface area contributed by atoms with E-state index >= 15 is 0 Å². The van der Waals surface area contributed by atoms with Crippen LogP contribution >= 0.6 is 0 Å². The number of carboxylic acid groups (broad SMARTS) is 1. The van der Waals surface area contributed by atoms with Crippen LogP contribution < -0.4 is 34.7 Å². The number of rotatable bonds is 4. The summed E-state index contributed by atoms with van der Waals surface area (Å²) < 4.78 is 0. The van der Waals surface area contributed by atoms with Crippen molar-refractivity contribution in [1.82, 2.24) is 0 Å². The van der Waals surface area contributed by atoms with Gasteiger partial charge in [-0.3, -0.25) is 0 Å². The fraction of sp³-hybridized carbons (Fsp3) is 0.958. The minimum Gasteiger partial charge on any atom is -0.550 e. The SMILES string of the molecule is C[C@H](CCC(=O)[O-])[C@H]1CC[C@H]2[C@@H]3[C@@H](O)C[C@@H]4C[C@H](O)CC[C@]4(C)[C@H]3CC[C@]12C.O.[Na+]. The van der Waals surface area contributed by atoms with Crippen LogP contribution in [0.5, 0.6) is 0 Å².